The van der Waals surface area contributed by atoms with E-state index < -0.39 is 52.4 Å². The molecular formula is C23H28ClN5O6S4. The highest BCUT2D eigenvalue weighted by Gasteiger charge is 2.41. The topological polar surface area (TPSA) is 180 Å². The van der Waals surface area contributed by atoms with Gasteiger partial charge in [0.1, 0.15) is 34.0 Å². The van der Waals surface area contributed by atoms with E-state index in [0.29, 0.717) is 25.6 Å². The molecule has 0 radical (unpaired) electrons. The number of hydrogen-bond acceptors (Lipinski definition) is 12. The molecule has 3 rings (SSSR count). The molecule has 1 aromatic heterocycles. The summed E-state index contributed by atoms with van der Waals surface area (Å²) in [4.78, 5) is 0. The third-order valence-corrected chi connectivity index (χ3v) is 10.1. The van der Waals surface area contributed by atoms with Crippen LogP contribution in [0, 0.1) is 0 Å². The van der Waals surface area contributed by atoms with Crippen molar-refractivity contribution in [3.8, 4) is 10.6 Å². The van der Waals surface area contributed by atoms with E-state index in [1.54, 1.807) is 48.5 Å². The average molecular weight is 634 g/mol. The number of rotatable bonds is 13. The van der Waals surface area contributed by atoms with Crippen molar-refractivity contribution in [3.63, 3.8) is 0 Å². The Labute approximate surface area is 246 Å². The monoisotopic (exact) mass is 633 g/mol. The van der Waals surface area contributed by atoms with Gasteiger partial charge in [0.05, 0.1) is 17.7 Å². The molecule has 3 unspecified atom stereocenters. The largest absolute Gasteiger partial charge is 0.394 e. The predicted molar refractivity (Wildman–Crippen MR) is 158 cm³/mol. The molecule has 0 saturated carbocycles. The molecule has 11 nitrogen and oxygen atoms in total. The number of aromatic nitrogens is 2. The first-order valence-electron chi connectivity index (χ1n) is 11.4. The number of halogens is 1. The van der Waals surface area contributed by atoms with Crippen molar-refractivity contribution < 1.29 is 29.7 Å². The molecule has 0 saturated heterocycles. The van der Waals surface area contributed by atoms with Crippen molar-refractivity contribution in [1.29, 1.82) is 0 Å². The normalized spacial score (nSPS) is 16.9. The van der Waals surface area contributed by atoms with E-state index in [4.69, 9.17) is 28.9 Å². The SMILES string of the molecule is CS(=O)C(Sc1nnc(-c2ccccc2Cl)s1)C(NNC(=S)Nc1ccccc1)[C@H](O)[C@@H](O)[C@H](O)[C@H](O)CO. The van der Waals surface area contributed by atoms with Gasteiger partial charge in [-0.1, -0.05) is 71.1 Å². The second-order valence-electron chi connectivity index (χ2n) is 8.17. The molecule has 16 heteroatoms. The van der Waals surface area contributed by atoms with Gasteiger partial charge in [-0.25, -0.2) is 5.43 Å². The van der Waals surface area contributed by atoms with Gasteiger partial charge >= 0.3 is 0 Å². The van der Waals surface area contributed by atoms with Gasteiger partial charge in [0.2, 0.25) is 0 Å². The summed E-state index contributed by atoms with van der Waals surface area (Å²) in [6.07, 6.45) is -5.93. The van der Waals surface area contributed by atoms with Crippen LogP contribution in [0.3, 0.4) is 0 Å². The average Bonchev–Trinajstić information content (AvgIpc) is 3.40. The molecule has 7 atom stereocenters. The number of hydrazine groups is 1. The lowest BCUT2D eigenvalue weighted by molar-refractivity contribution is -0.121. The summed E-state index contributed by atoms with van der Waals surface area (Å²) in [5.74, 6) is 0. The summed E-state index contributed by atoms with van der Waals surface area (Å²) in [7, 11) is -1.64. The first kappa shape index (κ1) is 31.8. The van der Waals surface area contributed by atoms with Crippen molar-refractivity contribution in [2.75, 3.05) is 18.2 Å². The van der Waals surface area contributed by atoms with Crippen LogP contribution in [-0.4, -0.2) is 93.0 Å². The molecule has 0 aliphatic rings. The van der Waals surface area contributed by atoms with Crippen LogP contribution < -0.4 is 16.2 Å². The van der Waals surface area contributed by atoms with E-state index in [1.807, 2.05) is 6.07 Å². The van der Waals surface area contributed by atoms with E-state index >= 15 is 0 Å². The van der Waals surface area contributed by atoms with Crippen LogP contribution in [0.4, 0.5) is 5.69 Å². The number of para-hydroxylation sites is 1. The molecule has 212 valence electrons. The summed E-state index contributed by atoms with van der Waals surface area (Å²) in [5.41, 5.74) is 6.85. The molecular weight excluding hydrogens is 606 g/mol. The lowest BCUT2D eigenvalue weighted by Crippen LogP contribution is -2.61. The van der Waals surface area contributed by atoms with Crippen LogP contribution in [0.2, 0.25) is 5.02 Å². The number of anilines is 1. The lowest BCUT2D eigenvalue weighted by atomic mass is 9.99. The zero-order valence-electron chi connectivity index (χ0n) is 20.4. The number of thioether (sulfide) groups is 1. The van der Waals surface area contributed by atoms with Crippen LogP contribution in [0.25, 0.3) is 10.6 Å². The third kappa shape index (κ3) is 8.86. The first-order valence-corrected chi connectivity index (χ1v) is 15.5. The Morgan fingerprint density at radius 1 is 1.05 bits per heavy atom. The number of nitrogens with zero attached hydrogens (tertiary/aromatic N) is 2. The summed E-state index contributed by atoms with van der Waals surface area (Å²) in [6, 6.07) is 14.9. The standard InChI is InChI=1S/C23H28ClN5O6S4/c1-39(35)21(38-23-29-27-20(37-23)13-9-5-6-10-14(13)24)16(18(33)19(34)17(32)15(31)11-30)26-28-22(36)25-12-7-3-2-4-8-12/h2-10,15-19,21,26,30-34H,11H2,1H3,(H2,25,28,36)/t15-,16?,17-,18+,19+,21?,39?/m1/s1. The van der Waals surface area contributed by atoms with Crippen molar-refractivity contribution in [1.82, 2.24) is 21.0 Å². The maximum atomic E-state index is 12.9. The van der Waals surface area contributed by atoms with Crippen LogP contribution in [0.1, 0.15) is 0 Å². The minimum atomic E-state index is -1.93. The van der Waals surface area contributed by atoms with Gasteiger partial charge in [-0.2, -0.15) is 0 Å². The quantitative estimate of drug-likeness (QED) is 0.0758. The zero-order chi connectivity index (χ0) is 28.5. The van der Waals surface area contributed by atoms with Crippen LogP contribution >= 0.6 is 46.9 Å². The molecule has 39 heavy (non-hydrogen) atoms. The van der Waals surface area contributed by atoms with E-state index in [0.717, 1.165) is 11.8 Å². The Hall–Kier alpha value is -1.76. The molecule has 0 aliphatic heterocycles. The van der Waals surface area contributed by atoms with E-state index in [1.165, 1.54) is 17.6 Å². The van der Waals surface area contributed by atoms with Gasteiger partial charge in [-0.3, -0.25) is 9.63 Å². The Balaban J connectivity index is 1.84. The van der Waals surface area contributed by atoms with Crippen molar-refractivity contribution in [2.24, 2.45) is 0 Å². The second-order valence-corrected chi connectivity index (χ2v) is 13.2. The number of aliphatic hydroxyl groups is 5. The minimum Gasteiger partial charge on any atom is -0.394 e. The Bertz CT molecular complexity index is 1240. The van der Waals surface area contributed by atoms with Crippen LogP contribution in [-0.2, 0) is 10.8 Å². The van der Waals surface area contributed by atoms with Crippen molar-refractivity contribution in [3.05, 3.63) is 59.6 Å². The highest BCUT2D eigenvalue weighted by Crippen LogP contribution is 2.36. The number of thiocarbonyl (C=S) groups is 1. The predicted octanol–water partition coefficient (Wildman–Crippen LogP) is 0.951. The lowest BCUT2D eigenvalue weighted by Gasteiger charge is -2.34. The van der Waals surface area contributed by atoms with Crippen LogP contribution in [0.5, 0.6) is 0 Å². The van der Waals surface area contributed by atoms with Gasteiger partial charge < -0.3 is 30.8 Å². The highest BCUT2D eigenvalue weighted by molar-refractivity contribution is 8.12. The molecule has 0 bridgehead atoms. The van der Waals surface area contributed by atoms with E-state index in [2.05, 4.69) is 26.4 Å². The molecule has 3 aromatic rings. The molecule has 8 N–H and O–H groups in total. The zero-order valence-corrected chi connectivity index (χ0v) is 24.4. The Morgan fingerprint density at radius 3 is 2.36 bits per heavy atom. The van der Waals surface area contributed by atoms with Gasteiger partial charge in [-0.05, 0) is 30.4 Å². The number of benzene rings is 2. The smallest absolute Gasteiger partial charge is 0.185 e. The fourth-order valence-corrected chi connectivity index (χ4v) is 7.46. The highest BCUT2D eigenvalue weighted by atomic mass is 35.5. The fourth-order valence-electron chi connectivity index (χ4n) is 3.34. The van der Waals surface area contributed by atoms with E-state index in [-0.39, 0.29) is 5.11 Å². The fraction of sp³-hybridized carbons (Fsp3) is 0.348. The molecule has 0 aliphatic carbocycles. The Morgan fingerprint density at radius 2 is 1.72 bits per heavy atom. The summed E-state index contributed by atoms with van der Waals surface area (Å²) in [6.45, 7) is -0.847. The summed E-state index contributed by atoms with van der Waals surface area (Å²) < 4.78 is 12.3. The van der Waals surface area contributed by atoms with Gasteiger partial charge in [0, 0.05) is 28.3 Å². The molecule has 0 spiro atoms. The maximum absolute atomic E-state index is 12.9. The minimum absolute atomic E-state index is 0.103. The Kier molecular flexibility index (Phi) is 12.5. The second kappa shape index (κ2) is 15.3. The van der Waals surface area contributed by atoms with Gasteiger partial charge in [0.25, 0.3) is 0 Å². The van der Waals surface area contributed by atoms with Crippen LogP contribution in [0.15, 0.2) is 58.9 Å². The van der Waals surface area contributed by atoms with Gasteiger partial charge in [-0.15, -0.1) is 10.2 Å². The third-order valence-electron chi connectivity index (χ3n) is 5.38. The number of nitrogens with one attached hydrogen (secondary N) is 3. The molecule has 0 fully saturated rings. The summed E-state index contributed by atoms with van der Waals surface area (Å²) in [5, 5.41) is 63.2. The molecule has 0 amide bonds. The number of hydrogen-bond donors (Lipinski definition) is 8. The summed E-state index contributed by atoms with van der Waals surface area (Å²) >= 11 is 13.8. The maximum Gasteiger partial charge on any atom is 0.185 e. The molecule has 1 heterocycles. The molecule has 2 aromatic carbocycles. The van der Waals surface area contributed by atoms with Gasteiger partial charge in [0.15, 0.2) is 9.45 Å². The van der Waals surface area contributed by atoms with Crippen molar-refractivity contribution in [2.45, 2.75) is 39.4 Å². The first-order chi connectivity index (χ1) is 18.6. The van der Waals surface area contributed by atoms with E-state index in [9.17, 15) is 24.6 Å². The van der Waals surface area contributed by atoms with Crippen molar-refractivity contribution >= 4 is 68.5 Å². The number of aliphatic hydroxyl groups excluding tert-OH is 5.